The van der Waals surface area contributed by atoms with Gasteiger partial charge in [-0.3, -0.25) is 9.89 Å². The fourth-order valence-electron chi connectivity index (χ4n) is 1.78. The largest absolute Gasteiger partial charge is 0.308 e. The Hall–Kier alpha value is -0.930. The lowest BCUT2D eigenvalue weighted by atomic mass is 10.0. The summed E-state index contributed by atoms with van der Waals surface area (Å²) < 4.78 is 0. The van der Waals surface area contributed by atoms with Gasteiger partial charge in [0.1, 0.15) is 0 Å². The highest BCUT2D eigenvalue weighted by Gasteiger charge is 2.17. The van der Waals surface area contributed by atoms with Gasteiger partial charge in [0.2, 0.25) is 0 Å². The van der Waals surface area contributed by atoms with Crippen LogP contribution in [0.4, 0.5) is 0 Å². The normalized spacial score (nSPS) is 18.8. The summed E-state index contributed by atoms with van der Waals surface area (Å²) in [7, 11) is 4.21. The Labute approximate surface area is 113 Å². The summed E-state index contributed by atoms with van der Waals surface area (Å²) in [5, 5.41) is 0. The topological polar surface area (TPSA) is 18.8 Å². The maximum absolute atomic E-state index is 4.43. The van der Waals surface area contributed by atoms with Crippen molar-refractivity contribution in [3.63, 3.8) is 0 Å². The molecule has 1 rings (SSSR count). The Bertz CT molecular complexity index is 303. The van der Waals surface area contributed by atoms with Crippen LogP contribution in [0, 0.1) is 0 Å². The molecule has 18 heavy (non-hydrogen) atoms. The first-order valence-electron chi connectivity index (χ1n) is 6.77. The average molecular weight is 251 g/mol. The molecule has 0 amide bonds. The fourth-order valence-corrected chi connectivity index (χ4v) is 1.78. The lowest BCUT2D eigenvalue weighted by molar-refractivity contribution is 0.258. The number of likely N-dealkylation sites (tertiary alicyclic amines) is 1. The molecule has 0 aromatic rings. The van der Waals surface area contributed by atoms with E-state index in [-0.39, 0.29) is 0 Å². The summed E-state index contributed by atoms with van der Waals surface area (Å²) in [6.45, 7) is 18.1. The second-order valence-corrected chi connectivity index (χ2v) is 4.73. The van der Waals surface area contributed by atoms with Crippen molar-refractivity contribution in [3.05, 3.63) is 24.4 Å². The van der Waals surface area contributed by atoms with E-state index in [1.165, 1.54) is 0 Å². The van der Waals surface area contributed by atoms with Gasteiger partial charge in [0.05, 0.1) is 0 Å². The summed E-state index contributed by atoms with van der Waals surface area (Å²) in [6, 6.07) is 0. The van der Waals surface area contributed by atoms with E-state index in [1.807, 2.05) is 20.8 Å². The Kier molecular flexibility index (Phi) is 8.59. The van der Waals surface area contributed by atoms with Crippen LogP contribution < -0.4 is 0 Å². The van der Waals surface area contributed by atoms with Gasteiger partial charge in [-0.15, -0.1) is 0 Å². The molecule has 3 nitrogen and oxygen atoms in total. The van der Waals surface area contributed by atoms with E-state index in [1.54, 1.807) is 0 Å². The van der Waals surface area contributed by atoms with Gasteiger partial charge in [0.15, 0.2) is 0 Å². The van der Waals surface area contributed by atoms with Crippen molar-refractivity contribution in [1.29, 1.82) is 0 Å². The highest BCUT2D eigenvalue weighted by molar-refractivity contribution is 6.01. The van der Waals surface area contributed by atoms with Crippen LogP contribution in [0.1, 0.15) is 27.2 Å². The predicted molar refractivity (Wildman–Crippen MR) is 82.3 cm³/mol. The standard InChI is InChI=1S/C13H23N3.C2H6/c1-11(2)14-13-6-7-16(10-12(13)3)9-8-15(4)5;1-2/h1,3,6-10H2,2,4-5H3;1-2H3. The second kappa shape index (κ2) is 9.06. The zero-order valence-corrected chi connectivity index (χ0v) is 12.8. The smallest absolute Gasteiger partial charge is 0.0458 e. The summed E-state index contributed by atoms with van der Waals surface area (Å²) in [5.41, 5.74) is 3.15. The molecule has 1 aliphatic rings. The lowest BCUT2D eigenvalue weighted by Gasteiger charge is -2.30. The number of hydrogen-bond donors (Lipinski definition) is 0. The van der Waals surface area contributed by atoms with Crippen LogP contribution >= 0.6 is 0 Å². The van der Waals surface area contributed by atoms with Gasteiger partial charge < -0.3 is 4.90 Å². The van der Waals surface area contributed by atoms with Crippen LogP contribution in [0.3, 0.4) is 0 Å². The number of nitrogens with zero attached hydrogens (tertiary/aromatic N) is 3. The highest BCUT2D eigenvalue weighted by Crippen LogP contribution is 2.13. The minimum atomic E-state index is 0.873. The third kappa shape index (κ3) is 6.72. The third-order valence-corrected chi connectivity index (χ3v) is 2.68. The van der Waals surface area contributed by atoms with E-state index in [0.29, 0.717) is 0 Å². The van der Waals surface area contributed by atoms with Gasteiger partial charge in [-0.1, -0.05) is 27.0 Å². The maximum Gasteiger partial charge on any atom is 0.0458 e. The SMILES string of the molecule is C=C(C)N=C1CCN(CCN(C)C)CC1=C.CC. The molecule has 0 aromatic heterocycles. The molecule has 0 radical (unpaired) electrons. The van der Waals surface area contributed by atoms with E-state index in [2.05, 4.69) is 42.0 Å². The summed E-state index contributed by atoms with van der Waals surface area (Å²) in [4.78, 5) is 9.07. The van der Waals surface area contributed by atoms with Gasteiger partial charge in [-0.25, -0.2) is 0 Å². The first-order chi connectivity index (χ1) is 8.49. The first kappa shape index (κ1) is 17.1. The van der Waals surface area contributed by atoms with Crippen molar-refractivity contribution in [1.82, 2.24) is 9.80 Å². The van der Waals surface area contributed by atoms with Gasteiger partial charge in [-0.05, 0) is 26.6 Å². The molecule has 0 atom stereocenters. The molecule has 0 bridgehead atoms. The van der Waals surface area contributed by atoms with Crippen LogP contribution in [-0.2, 0) is 0 Å². The predicted octanol–water partition coefficient (Wildman–Crippen LogP) is 2.81. The zero-order chi connectivity index (χ0) is 14.1. The monoisotopic (exact) mass is 251 g/mol. The zero-order valence-electron chi connectivity index (χ0n) is 12.8. The van der Waals surface area contributed by atoms with Crippen LogP contribution in [0.15, 0.2) is 29.4 Å². The number of aliphatic imine (C=N–C) groups is 1. The van der Waals surface area contributed by atoms with Gasteiger partial charge >= 0.3 is 0 Å². The fraction of sp³-hybridized carbons (Fsp3) is 0.667. The molecule has 0 aliphatic carbocycles. The molecule has 1 heterocycles. The molecule has 1 aliphatic heterocycles. The van der Waals surface area contributed by atoms with Crippen LogP contribution in [0.5, 0.6) is 0 Å². The number of likely N-dealkylation sites (N-methyl/N-ethyl adjacent to an activating group) is 1. The first-order valence-corrected chi connectivity index (χ1v) is 6.77. The minimum Gasteiger partial charge on any atom is -0.308 e. The molecule has 0 spiro atoms. The quantitative estimate of drug-likeness (QED) is 0.765. The number of rotatable bonds is 4. The molecule has 3 heteroatoms. The van der Waals surface area contributed by atoms with Crippen molar-refractivity contribution < 1.29 is 0 Å². The van der Waals surface area contributed by atoms with E-state index >= 15 is 0 Å². The molecule has 1 fully saturated rings. The minimum absolute atomic E-state index is 0.873. The Balaban J connectivity index is 0.00000137. The molecule has 0 aromatic carbocycles. The summed E-state index contributed by atoms with van der Waals surface area (Å²) in [5.74, 6) is 0. The number of allylic oxidation sites excluding steroid dienone is 1. The molecule has 0 unspecified atom stereocenters. The van der Waals surface area contributed by atoms with Crippen LogP contribution in [0.2, 0.25) is 0 Å². The van der Waals surface area contributed by atoms with Crippen LogP contribution in [0.25, 0.3) is 0 Å². The highest BCUT2D eigenvalue weighted by atomic mass is 15.2. The Morgan fingerprint density at radius 1 is 1.39 bits per heavy atom. The lowest BCUT2D eigenvalue weighted by Crippen LogP contribution is -2.39. The molecule has 1 saturated heterocycles. The van der Waals surface area contributed by atoms with Crippen LogP contribution in [-0.4, -0.2) is 55.8 Å². The maximum atomic E-state index is 4.43. The van der Waals surface area contributed by atoms with E-state index in [9.17, 15) is 0 Å². The molecule has 0 N–H and O–H groups in total. The molecular weight excluding hydrogens is 222 g/mol. The van der Waals surface area contributed by atoms with E-state index in [4.69, 9.17) is 0 Å². The number of piperidine rings is 1. The van der Waals surface area contributed by atoms with Gasteiger partial charge in [0, 0.05) is 44.0 Å². The Morgan fingerprint density at radius 3 is 2.44 bits per heavy atom. The second-order valence-electron chi connectivity index (χ2n) is 4.73. The van der Waals surface area contributed by atoms with E-state index < -0.39 is 0 Å². The average Bonchev–Trinajstić information content (AvgIpc) is 2.32. The molecule has 104 valence electrons. The van der Waals surface area contributed by atoms with E-state index in [0.717, 1.165) is 49.6 Å². The number of hydrogen-bond acceptors (Lipinski definition) is 3. The Morgan fingerprint density at radius 2 is 2.00 bits per heavy atom. The van der Waals surface area contributed by atoms with Gasteiger partial charge in [-0.2, -0.15) is 0 Å². The van der Waals surface area contributed by atoms with Crippen molar-refractivity contribution in [2.75, 3.05) is 40.3 Å². The summed E-state index contributed by atoms with van der Waals surface area (Å²) >= 11 is 0. The summed E-state index contributed by atoms with van der Waals surface area (Å²) in [6.07, 6.45) is 0.999. The van der Waals surface area contributed by atoms with Crippen molar-refractivity contribution in [2.45, 2.75) is 27.2 Å². The third-order valence-electron chi connectivity index (χ3n) is 2.68. The van der Waals surface area contributed by atoms with Crippen molar-refractivity contribution in [2.24, 2.45) is 4.99 Å². The van der Waals surface area contributed by atoms with Gasteiger partial charge in [0.25, 0.3) is 0 Å². The van der Waals surface area contributed by atoms with Crippen molar-refractivity contribution >= 4 is 5.71 Å². The van der Waals surface area contributed by atoms with Crippen molar-refractivity contribution in [3.8, 4) is 0 Å². The molecular formula is C15H29N3. The molecule has 0 saturated carbocycles.